The molecule has 0 amide bonds. The molecule has 0 N–H and O–H groups in total. The Balaban J connectivity index is 0.547. The molecule has 1 unspecified atom stereocenters. The molecule has 0 saturated heterocycles. The van der Waals surface area contributed by atoms with E-state index in [9.17, 15) is 0 Å². The molecule has 574 valence electrons. The molecule has 23 rings (SSSR count). The predicted molar refractivity (Wildman–Crippen MR) is 499 cm³/mol. The first kappa shape index (κ1) is 71.8. The van der Waals surface area contributed by atoms with Crippen molar-refractivity contribution in [1.29, 1.82) is 0 Å². The van der Waals surface area contributed by atoms with Gasteiger partial charge in [-0.2, -0.15) is 0 Å². The van der Waals surface area contributed by atoms with Crippen molar-refractivity contribution in [1.82, 2.24) is 19.9 Å². The molecule has 0 saturated carbocycles. The summed E-state index contributed by atoms with van der Waals surface area (Å²) in [5.74, 6) is 0.663. The van der Waals surface area contributed by atoms with Crippen molar-refractivity contribution < 1.29 is 4.42 Å². The van der Waals surface area contributed by atoms with E-state index in [4.69, 9.17) is 24.4 Å². The Hall–Kier alpha value is -14.5. The van der Waals surface area contributed by atoms with E-state index >= 15 is 0 Å². The van der Waals surface area contributed by atoms with Crippen molar-refractivity contribution >= 4 is 21.9 Å². The number of hydrogen-bond donors (Lipinski definition) is 0. The monoisotopic (exact) mass is 1550 g/mol. The number of benzene rings is 16. The standard InChI is InChI=1S/C116H84N4O/c1-113(2)96-46-22-20-44-86(96)92-64-101-94(66-100(92)113)90-61-81(50-54-97(90)114(101,3)4)77-38-24-36-75(57-77)79-40-26-42-83(59-79)104-68-105(118-112(117-104)74-34-18-11-19-35-74)84-49-53-89-88-52-48-70(56-106(88)121-107(89)63-84)69-116(7)99-47-23-21-45-87(99)93-65-102-95(67-103(93)116)91-62-82(51-55-98(91)115(102,5)6)78-39-25-37-76(58-78)80-41-27-43-85(60-80)111-110(73-32-16-10-17-33-73)119-108(71-28-12-8-13-29-71)109(120-111)72-30-14-9-15-31-72/h8-68H,69H2,1-7H3. The molecule has 121 heavy (non-hydrogen) atoms. The van der Waals surface area contributed by atoms with Gasteiger partial charge in [-0.25, -0.2) is 19.9 Å². The first-order valence-corrected chi connectivity index (χ1v) is 42.3. The van der Waals surface area contributed by atoms with Gasteiger partial charge in [0.15, 0.2) is 5.82 Å². The third-order valence-electron chi connectivity index (χ3n) is 27.1. The van der Waals surface area contributed by atoms with Crippen LogP contribution in [0.5, 0.6) is 0 Å². The maximum atomic E-state index is 7.04. The van der Waals surface area contributed by atoms with Crippen molar-refractivity contribution in [3.05, 3.63) is 420 Å². The number of furan rings is 1. The van der Waals surface area contributed by atoms with Crippen molar-refractivity contribution in [2.75, 3.05) is 0 Å². The molecule has 0 spiro atoms. The molecule has 0 radical (unpaired) electrons. The van der Waals surface area contributed by atoms with E-state index in [1.807, 2.05) is 12.1 Å². The van der Waals surface area contributed by atoms with Crippen LogP contribution in [0.3, 0.4) is 0 Å². The molecule has 0 aliphatic heterocycles. The third kappa shape index (κ3) is 11.6. The molecule has 0 bridgehead atoms. The molecule has 4 aliphatic rings. The van der Waals surface area contributed by atoms with Crippen LogP contribution in [0.4, 0.5) is 0 Å². The van der Waals surface area contributed by atoms with Crippen molar-refractivity contribution in [3.63, 3.8) is 0 Å². The molecule has 3 heterocycles. The summed E-state index contributed by atoms with van der Waals surface area (Å²) in [6, 6.07) is 135. The van der Waals surface area contributed by atoms with Gasteiger partial charge in [0.25, 0.3) is 0 Å². The molecule has 19 aromatic rings. The zero-order valence-electron chi connectivity index (χ0n) is 68.6. The highest BCUT2D eigenvalue weighted by Gasteiger charge is 2.45. The highest BCUT2D eigenvalue weighted by Crippen LogP contribution is 2.60. The lowest BCUT2D eigenvalue weighted by molar-refractivity contribution is 0.581. The molecule has 1 atom stereocenters. The topological polar surface area (TPSA) is 64.7 Å². The van der Waals surface area contributed by atoms with Crippen LogP contribution < -0.4 is 0 Å². The maximum absolute atomic E-state index is 7.04. The summed E-state index contributed by atoms with van der Waals surface area (Å²) < 4.78 is 7.04. The molecule has 3 aromatic heterocycles. The summed E-state index contributed by atoms with van der Waals surface area (Å²) in [6.07, 6.45) is 0.781. The van der Waals surface area contributed by atoms with E-state index < -0.39 is 0 Å². The average molecular weight is 1550 g/mol. The second-order valence-electron chi connectivity index (χ2n) is 35.4. The fourth-order valence-corrected chi connectivity index (χ4v) is 20.8. The summed E-state index contributed by atoms with van der Waals surface area (Å²) in [6.45, 7) is 16.8. The van der Waals surface area contributed by atoms with Gasteiger partial charge in [-0.1, -0.05) is 334 Å². The van der Waals surface area contributed by atoms with Gasteiger partial charge in [-0.3, -0.25) is 0 Å². The van der Waals surface area contributed by atoms with E-state index in [2.05, 4.69) is 406 Å². The molecular formula is C116H84N4O. The van der Waals surface area contributed by atoms with Gasteiger partial charge >= 0.3 is 0 Å². The lowest BCUT2D eigenvalue weighted by Gasteiger charge is -2.28. The average Bonchev–Trinajstić information content (AvgIpc) is 1.54. The first-order chi connectivity index (χ1) is 59.0. The second-order valence-corrected chi connectivity index (χ2v) is 35.4. The molecule has 5 nitrogen and oxygen atoms in total. The summed E-state index contributed by atoms with van der Waals surface area (Å²) in [5, 5.41) is 2.15. The summed E-state index contributed by atoms with van der Waals surface area (Å²) in [4.78, 5) is 21.8. The first-order valence-electron chi connectivity index (χ1n) is 42.3. The third-order valence-corrected chi connectivity index (χ3v) is 27.1. The number of nitrogens with zero attached hydrogens (tertiary/aromatic N) is 4. The maximum Gasteiger partial charge on any atom is 0.160 e. The van der Waals surface area contributed by atoms with Crippen LogP contribution in [0.2, 0.25) is 0 Å². The largest absolute Gasteiger partial charge is 0.456 e. The fourth-order valence-electron chi connectivity index (χ4n) is 20.8. The Morgan fingerprint density at radius 2 is 0.529 bits per heavy atom. The van der Waals surface area contributed by atoms with E-state index in [-0.39, 0.29) is 21.7 Å². The molecule has 0 fully saturated rings. The molecular weight excluding hydrogens is 1470 g/mol. The van der Waals surface area contributed by atoms with E-state index in [1.54, 1.807) is 0 Å². The van der Waals surface area contributed by atoms with Gasteiger partial charge in [0, 0.05) is 71.4 Å². The van der Waals surface area contributed by atoms with Crippen LogP contribution >= 0.6 is 0 Å². The lowest BCUT2D eigenvalue weighted by Crippen LogP contribution is -2.24. The minimum atomic E-state index is -0.353. The normalized spacial score (nSPS) is 15.0. The Kier molecular flexibility index (Phi) is 16.2. The SMILES string of the molecule is CC1(C)c2ccccc2-c2cc3c(cc21)-c1cc(-c2cccc(-c4cccc(-c5cc(-c6ccc7c(c6)oc6cc(CC8(C)c9ccccc9-c9cc%10c(cc98)-c8cc(-c9cccc(-c%11cccc(-c%12nc(-c%13ccccc%13)c(-c%13ccccc%13)nc%12-c%12ccccc%12)c%11)c9)ccc8C%10(C)C)ccc67)nc(-c6ccccc6)n5)c4)c2)ccc1C3(C)C. The van der Waals surface area contributed by atoms with Crippen LogP contribution in [0, 0.1) is 0 Å². The molecule has 16 aromatic carbocycles. The highest BCUT2D eigenvalue weighted by molar-refractivity contribution is 6.06. The van der Waals surface area contributed by atoms with Gasteiger partial charge < -0.3 is 4.42 Å². The molecule has 5 heteroatoms. The van der Waals surface area contributed by atoms with Crippen LogP contribution in [-0.4, -0.2) is 19.9 Å². The minimum Gasteiger partial charge on any atom is -0.456 e. The summed E-state index contributed by atoms with van der Waals surface area (Å²) in [5.41, 5.74) is 45.0. The Morgan fingerprint density at radius 3 is 1.02 bits per heavy atom. The van der Waals surface area contributed by atoms with Crippen LogP contribution in [0.15, 0.2) is 374 Å². The highest BCUT2D eigenvalue weighted by atomic mass is 16.3. The van der Waals surface area contributed by atoms with Crippen molar-refractivity contribution in [2.45, 2.75) is 76.5 Å². The number of hydrogen-bond acceptors (Lipinski definition) is 5. The zero-order valence-corrected chi connectivity index (χ0v) is 68.6. The summed E-state index contributed by atoms with van der Waals surface area (Å²) >= 11 is 0. The Morgan fingerprint density at radius 1 is 0.207 bits per heavy atom. The quantitative estimate of drug-likeness (QED) is 0.115. The number of fused-ring (bicyclic) bond motifs is 15. The Labute approximate surface area is 706 Å². The van der Waals surface area contributed by atoms with Gasteiger partial charge in [-0.15, -0.1) is 0 Å². The fraction of sp³-hybridized carbons (Fsp3) is 0.103. The zero-order chi connectivity index (χ0) is 81.2. The van der Waals surface area contributed by atoms with Gasteiger partial charge in [0.05, 0.1) is 34.2 Å². The second kappa shape index (κ2) is 27.3. The van der Waals surface area contributed by atoms with Crippen LogP contribution in [-0.2, 0) is 28.1 Å². The van der Waals surface area contributed by atoms with Crippen molar-refractivity contribution in [2.24, 2.45) is 0 Å². The van der Waals surface area contributed by atoms with E-state index in [1.165, 1.54) is 111 Å². The smallest absolute Gasteiger partial charge is 0.160 e. The molecule has 4 aliphatic carbocycles. The van der Waals surface area contributed by atoms with Crippen LogP contribution in [0.25, 0.3) is 190 Å². The van der Waals surface area contributed by atoms with E-state index in [0.717, 1.165) is 129 Å². The predicted octanol–water partition coefficient (Wildman–Crippen LogP) is 30.0. The number of rotatable bonds is 13. The summed E-state index contributed by atoms with van der Waals surface area (Å²) in [7, 11) is 0. The van der Waals surface area contributed by atoms with Gasteiger partial charge in [0.1, 0.15) is 11.2 Å². The van der Waals surface area contributed by atoms with Gasteiger partial charge in [0.2, 0.25) is 0 Å². The number of aromatic nitrogens is 4. The van der Waals surface area contributed by atoms with Crippen LogP contribution in [0.1, 0.15) is 98.5 Å². The van der Waals surface area contributed by atoms with Crippen molar-refractivity contribution in [3.8, 4) is 168 Å². The van der Waals surface area contributed by atoms with Gasteiger partial charge in [-0.05, 0) is 230 Å². The minimum absolute atomic E-state index is 0.0790. The lowest BCUT2D eigenvalue weighted by atomic mass is 9.74. The van der Waals surface area contributed by atoms with E-state index in [0.29, 0.717) is 5.82 Å². The Bertz CT molecular complexity index is 7520.